The molecule has 7 nitrogen and oxygen atoms in total. The minimum absolute atomic E-state index is 0.0414. The molecule has 150 valence electrons. The van der Waals surface area contributed by atoms with Gasteiger partial charge in [0.1, 0.15) is 17.2 Å². The average Bonchev–Trinajstić information content (AvgIpc) is 3.29. The van der Waals surface area contributed by atoms with E-state index < -0.39 is 17.9 Å². The smallest absolute Gasteiger partial charge is 0.337 e. The van der Waals surface area contributed by atoms with Gasteiger partial charge in [-0.1, -0.05) is 41.9 Å². The van der Waals surface area contributed by atoms with Crippen molar-refractivity contribution in [2.75, 3.05) is 0 Å². The van der Waals surface area contributed by atoms with Gasteiger partial charge < -0.3 is 14.8 Å². The van der Waals surface area contributed by atoms with Gasteiger partial charge in [0.05, 0.1) is 17.1 Å². The highest BCUT2D eigenvalue weighted by molar-refractivity contribution is 6.33. The fourth-order valence-corrected chi connectivity index (χ4v) is 3.25. The largest absolute Gasteiger partial charge is 0.478 e. The molecule has 1 fully saturated rings. The van der Waals surface area contributed by atoms with Crippen molar-refractivity contribution in [1.29, 1.82) is 0 Å². The summed E-state index contributed by atoms with van der Waals surface area (Å²) in [5, 5.41) is 11.9. The molecule has 0 radical (unpaired) electrons. The molecule has 0 saturated carbocycles. The standard InChI is InChI=1S/C22H15ClN2O5/c23-17-8-6-14(10-16(17)21(27)28)19-9-7-15(30-19)11-18-20(26)25(22(29)24-18)12-13-4-2-1-3-5-13/h1-11H,12H2,(H,24,29)(H,27,28). The topological polar surface area (TPSA) is 99.9 Å². The molecule has 3 aromatic rings. The molecule has 0 atom stereocenters. The number of carbonyl (C=O) groups excluding carboxylic acids is 2. The molecule has 1 aromatic heterocycles. The monoisotopic (exact) mass is 422 g/mol. The van der Waals surface area contributed by atoms with E-state index in [2.05, 4.69) is 5.32 Å². The van der Waals surface area contributed by atoms with Crippen LogP contribution in [0.1, 0.15) is 21.7 Å². The molecule has 1 aliphatic heterocycles. The van der Waals surface area contributed by atoms with Crippen LogP contribution in [0.4, 0.5) is 4.79 Å². The van der Waals surface area contributed by atoms with Gasteiger partial charge in [-0.15, -0.1) is 0 Å². The molecule has 0 bridgehead atoms. The quantitative estimate of drug-likeness (QED) is 0.469. The van der Waals surface area contributed by atoms with E-state index in [9.17, 15) is 19.5 Å². The Hall–Kier alpha value is -3.84. The maximum absolute atomic E-state index is 12.6. The van der Waals surface area contributed by atoms with Crippen LogP contribution in [0.5, 0.6) is 0 Å². The first-order valence-corrected chi connectivity index (χ1v) is 9.31. The number of carboxylic acid groups (broad SMARTS) is 1. The highest BCUT2D eigenvalue weighted by Gasteiger charge is 2.33. The van der Waals surface area contributed by atoms with Gasteiger partial charge in [-0.3, -0.25) is 9.69 Å². The number of rotatable bonds is 5. The van der Waals surface area contributed by atoms with Gasteiger partial charge in [0.25, 0.3) is 5.91 Å². The van der Waals surface area contributed by atoms with Crippen molar-refractivity contribution in [3.05, 3.63) is 88.3 Å². The molecule has 30 heavy (non-hydrogen) atoms. The number of hydrogen-bond acceptors (Lipinski definition) is 4. The second kappa shape index (κ2) is 7.88. The maximum atomic E-state index is 12.6. The fraction of sp³-hybridized carbons (Fsp3) is 0.0455. The number of carboxylic acids is 1. The molecular formula is C22H15ClN2O5. The molecule has 3 amide bonds. The van der Waals surface area contributed by atoms with Gasteiger partial charge in [-0.25, -0.2) is 9.59 Å². The average molecular weight is 423 g/mol. The number of furan rings is 1. The van der Waals surface area contributed by atoms with E-state index >= 15 is 0 Å². The normalized spacial score (nSPS) is 15.0. The third kappa shape index (κ3) is 3.83. The first kappa shape index (κ1) is 19.5. The van der Waals surface area contributed by atoms with E-state index in [0.29, 0.717) is 17.1 Å². The summed E-state index contributed by atoms with van der Waals surface area (Å²) in [7, 11) is 0. The van der Waals surface area contributed by atoms with Gasteiger partial charge in [-0.05, 0) is 35.9 Å². The predicted molar refractivity (Wildman–Crippen MR) is 110 cm³/mol. The Morgan fingerprint density at radius 2 is 1.87 bits per heavy atom. The van der Waals surface area contributed by atoms with Gasteiger partial charge in [0.2, 0.25) is 0 Å². The molecule has 1 aliphatic rings. The zero-order valence-corrected chi connectivity index (χ0v) is 16.2. The Balaban J connectivity index is 1.56. The number of nitrogens with zero attached hydrogens (tertiary/aromatic N) is 1. The lowest BCUT2D eigenvalue weighted by atomic mass is 10.1. The fourth-order valence-electron chi connectivity index (χ4n) is 3.05. The molecule has 0 aliphatic carbocycles. The number of amides is 3. The van der Waals surface area contributed by atoms with Crippen LogP contribution < -0.4 is 5.32 Å². The lowest BCUT2D eigenvalue weighted by Gasteiger charge is -2.11. The highest BCUT2D eigenvalue weighted by Crippen LogP contribution is 2.28. The van der Waals surface area contributed by atoms with Crippen LogP contribution in [0.15, 0.2) is 70.8 Å². The number of carbonyl (C=O) groups is 3. The van der Waals surface area contributed by atoms with Crippen LogP contribution in [-0.2, 0) is 11.3 Å². The van der Waals surface area contributed by atoms with E-state index in [4.69, 9.17) is 16.0 Å². The Morgan fingerprint density at radius 3 is 2.60 bits per heavy atom. The molecular weight excluding hydrogens is 408 g/mol. The Kier molecular flexibility index (Phi) is 5.12. The zero-order chi connectivity index (χ0) is 21.3. The van der Waals surface area contributed by atoms with Gasteiger partial charge in [0, 0.05) is 11.6 Å². The van der Waals surface area contributed by atoms with E-state index in [1.54, 1.807) is 18.2 Å². The summed E-state index contributed by atoms with van der Waals surface area (Å²) < 4.78 is 5.71. The molecule has 1 saturated heterocycles. The van der Waals surface area contributed by atoms with Crippen molar-refractivity contribution in [2.24, 2.45) is 0 Å². The van der Waals surface area contributed by atoms with Crippen molar-refractivity contribution in [3.8, 4) is 11.3 Å². The minimum Gasteiger partial charge on any atom is -0.478 e. The number of urea groups is 1. The van der Waals surface area contributed by atoms with Crippen molar-refractivity contribution >= 4 is 35.6 Å². The summed E-state index contributed by atoms with van der Waals surface area (Å²) in [4.78, 5) is 37.2. The Morgan fingerprint density at radius 1 is 1.10 bits per heavy atom. The molecule has 0 spiro atoms. The summed E-state index contributed by atoms with van der Waals surface area (Å²) in [6.07, 6.45) is 1.43. The number of benzene rings is 2. The minimum atomic E-state index is -1.14. The summed E-state index contributed by atoms with van der Waals surface area (Å²) >= 11 is 5.90. The third-order valence-corrected chi connectivity index (χ3v) is 4.87. The Labute approximate surface area is 176 Å². The summed E-state index contributed by atoms with van der Waals surface area (Å²) in [6.45, 7) is 0.162. The van der Waals surface area contributed by atoms with Crippen LogP contribution in [0, 0.1) is 0 Å². The van der Waals surface area contributed by atoms with Crippen LogP contribution in [-0.4, -0.2) is 27.9 Å². The van der Waals surface area contributed by atoms with E-state index in [0.717, 1.165) is 10.5 Å². The lowest BCUT2D eigenvalue weighted by molar-refractivity contribution is -0.123. The number of aromatic carboxylic acids is 1. The number of halogens is 1. The van der Waals surface area contributed by atoms with Gasteiger partial charge >= 0.3 is 12.0 Å². The molecule has 2 N–H and O–H groups in total. The number of nitrogens with one attached hydrogen (secondary N) is 1. The van der Waals surface area contributed by atoms with Crippen LogP contribution in [0.3, 0.4) is 0 Å². The first-order valence-electron chi connectivity index (χ1n) is 8.94. The first-order chi connectivity index (χ1) is 14.4. The van der Waals surface area contributed by atoms with E-state index in [1.807, 2.05) is 30.3 Å². The molecule has 0 unspecified atom stereocenters. The third-order valence-electron chi connectivity index (χ3n) is 4.54. The van der Waals surface area contributed by atoms with Gasteiger partial charge in [0.15, 0.2) is 0 Å². The number of hydrogen-bond donors (Lipinski definition) is 2. The van der Waals surface area contributed by atoms with Crippen molar-refractivity contribution < 1.29 is 23.9 Å². The van der Waals surface area contributed by atoms with Crippen LogP contribution in [0.2, 0.25) is 5.02 Å². The van der Waals surface area contributed by atoms with Crippen molar-refractivity contribution in [2.45, 2.75) is 6.54 Å². The van der Waals surface area contributed by atoms with Crippen LogP contribution >= 0.6 is 11.6 Å². The zero-order valence-electron chi connectivity index (χ0n) is 15.5. The second-order valence-electron chi connectivity index (χ2n) is 6.57. The van der Waals surface area contributed by atoms with Crippen molar-refractivity contribution in [1.82, 2.24) is 10.2 Å². The molecule has 2 aromatic carbocycles. The van der Waals surface area contributed by atoms with Crippen molar-refractivity contribution in [3.63, 3.8) is 0 Å². The lowest BCUT2D eigenvalue weighted by Crippen LogP contribution is -2.30. The van der Waals surface area contributed by atoms with Gasteiger partial charge in [-0.2, -0.15) is 0 Å². The SMILES string of the molecule is O=C(O)c1cc(-c2ccc(C=C3NC(=O)N(Cc4ccccc4)C3=O)o2)ccc1Cl. The molecule has 8 heteroatoms. The molecule has 2 heterocycles. The predicted octanol–water partition coefficient (Wildman–Crippen LogP) is 4.39. The summed E-state index contributed by atoms with van der Waals surface area (Å²) in [5.74, 6) is -0.865. The summed E-state index contributed by atoms with van der Waals surface area (Å²) in [5.41, 5.74) is 1.41. The summed E-state index contributed by atoms with van der Waals surface area (Å²) in [6, 6.07) is 16.5. The van der Waals surface area contributed by atoms with E-state index in [1.165, 1.54) is 18.2 Å². The van der Waals surface area contributed by atoms with E-state index in [-0.39, 0.29) is 22.8 Å². The highest BCUT2D eigenvalue weighted by atomic mass is 35.5. The number of imide groups is 1. The Bertz CT molecular complexity index is 1180. The second-order valence-corrected chi connectivity index (χ2v) is 6.97. The molecule has 4 rings (SSSR count). The maximum Gasteiger partial charge on any atom is 0.337 e. The van der Waals surface area contributed by atoms with Crippen LogP contribution in [0.25, 0.3) is 17.4 Å².